The maximum Gasteiger partial charge on any atom is 0.226 e. The molecular weight excluding hydrogens is 308 g/mol. The van der Waals surface area contributed by atoms with Gasteiger partial charge in [0.25, 0.3) is 0 Å². The number of hydrogen-bond donors (Lipinski definition) is 1. The van der Waals surface area contributed by atoms with Crippen LogP contribution in [0.15, 0.2) is 18.3 Å². The first kappa shape index (κ1) is 17.2. The van der Waals surface area contributed by atoms with Crippen molar-refractivity contribution in [1.82, 2.24) is 10.3 Å². The lowest BCUT2D eigenvalue weighted by Gasteiger charge is -2.57. The number of pyridine rings is 1. The summed E-state index contributed by atoms with van der Waals surface area (Å²) in [6, 6.07) is 3.78. The Hall–Kier alpha value is -1.66. The Morgan fingerprint density at radius 1 is 1.46 bits per heavy atom. The van der Waals surface area contributed by atoms with Gasteiger partial charge >= 0.3 is 0 Å². The number of carbonyl (C=O) groups excluding carboxylic acids is 1. The summed E-state index contributed by atoms with van der Waals surface area (Å²) < 4.78 is 16.7. The molecule has 0 bridgehead atoms. The largest absolute Gasteiger partial charge is 0.495 e. The average molecular weight is 334 g/mol. The van der Waals surface area contributed by atoms with Crippen molar-refractivity contribution < 1.29 is 19.0 Å². The predicted molar refractivity (Wildman–Crippen MR) is 88.9 cm³/mol. The summed E-state index contributed by atoms with van der Waals surface area (Å²) >= 11 is 0. The second kappa shape index (κ2) is 7.49. The van der Waals surface area contributed by atoms with Crippen LogP contribution in [-0.4, -0.2) is 50.0 Å². The molecular formula is C18H26N2O4. The molecule has 2 fully saturated rings. The summed E-state index contributed by atoms with van der Waals surface area (Å²) in [7, 11) is 1.59. The fraction of sp³-hybridized carbons (Fsp3) is 0.667. The smallest absolute Gasteiger partial charge is 0.226 e. The van der Waals surface area contributed by atoms with Crippen molar-refractivity contribution in [2.24, 2.45) is 5.41 Å². The highest BCUT2D eigenvalue weighted by Crippen LogP contribution is 2.50. The number of rotatable bonds is 6. The van der Waals surface area contributed by atoms with Gasteiger partial charge in [-0.15, -0.1) is 0 Å². The van der Waals surface area contributed by atoms with Crippen LogP contribution < -0.4 is 10.1 Å². The van der Waals surface area contributed by atoms with E-state index in [0.29, 0.717) is 18.1 Å². The maximum atomic E-state index is 12.5. The monoisotopic (exact) mass is 334 g/mol. The van der Waals surface area contributed by atoms with E-state index in [1.54, 1.807) is 19.4 Å². The number of amides is 1. The van der Waals surface area contributed by atoms with E-state index in [4.69, 9.17) is 14.2 Å². The normalized spacial score (nSPS) is 25.1. The Morgan fingerprint density at radius 2 is 2.25 bits per heavy atom. The van der Waals surface area contributed by atoms with Crippen molar-refractivity contribution in [3.8, 4) is 5.75 Å². The van der Waals surface area contributed by atoms with E-state index >= 15 is 0 Å². The maximum absolute atomic E-state index is 12.5. The van der Waals surface area contributed by atoms with Crippen LogP contribution in [-0.2, 0) is 20.7 Å². The summed E-state index contributed by atoms with van der Waals surface area (Å²) in [4.78, 5) is 16.8. The van der Waals surface area contributed by atoms with Gasteiger partial charge in [0.15, 0.2) is 0 Å². The van der Waals surface area contributed by atoms with Crippen molar-refractivity contribution in [2.75, 3.05) is 26.9 Å². The third-order valence-electron chi connectivity index (χ3n) is 5.31. The van der Waals surface area contributed by atoms with Crippen LogP contribution in [0.1, 0.15) is 31.9 Å². The second-order valence-electron chi connectivity index (χ2n) is 6.47. The number of methoxy groups -OCH3 is 1. The number of carbonyl (C=O) groups is 1. The van der Waals surface area contributed by atoms with E-state index < -0.39 is 0 Å². The molecule has 1 aliphatic carbocycles. The third kappa shape index (κ3) is 3.26. The molecule has 132 valence electrons. The average Bonchev–Trinajstić information content (AvgIpc) is 2.62. The van der Waals surface area contributed by atoms with Crippen molar-refractivity contribution >= 4 is 5.91 Å². The lowest BCUT2D eigenvalue weighted by Crippen LogP contribution is -2.66. The van der Waals surface area contributed by atoms with Gasteiger partial charge in [0.1, 0.15) is 5.75 Å². The van der Waals surface area contributed by atoms with Gasteiger partial charge in [0.05, 0.1) is 25.3 Å². The van der Waals surface area contributed by atoms with Crippen LogP contribution in [0, 0.1) is 5.41 Å². The minimum atomic E-state index is -0.0159. The van der Waals surface area contributed by atoms with Crippen LogP contribution in [0.3, 0.4) is 0 Å². The molecule has 6 heteroatoms. The van der Waals surface area contributed by atoms with E-state index in [2.05, 4.69) is 10.3 Å². The number of ether oxygens (including phenoxy) is 3. The van der Waals surface area contributed by atoms with Gasteiger partial charge in [-0.25, -0.2) is 0 Å². The van der Waals surface area contributed by atoms with Crippen LogP contribution in [0.5, 0.6) is 5.75 Å². The van der Waals surface area contributed by atoms with Crippen LogP contribution >= 0.6 is 0 Å². The minimum Gasteiger partial charge on any atom is -0.495 e. The highest BCUT2D eigenvalue weighted by atomic mass is 16.5. The summed E-state index contributed by atoms with van der Waals surface area (Å²) in [5.41, 5.74) is 0.692. The molecule has 0 unspecified atom stereocenters. The molecule has 1 N–H and O–H groups in total. The molecule has 3 rings (SSSR count). The molecule has 1 saturated carbocycles. The van der Waals surface area contributed by atoms with Gasteiger partial charge in [-0.2, -0.15) is 0 Å². The quantitative estimate of drug-likeness (QED) is 0.858. The van der Waals surface area contributed by atoms with Crippen molar-refractivity contribution in [3.05, 3.63) is 24.0 Å². The highest BCUT2D eigenvalue weighted by Gasteiger charge is 2.56. The molecule has 1 aliphatic heterocycles. The zero-order chi connectivity index (χ0) is 17.0. The first-order valence-corrected chi connectivity index (χ1v) is 8.66. The molecule has 1 aromatic rings. The molecule has 1 spiro atoms. The zero-order valence-electron chi connectivity index (χ0n) is 14.4. The first-order valence-electron chi connectivity index (χ1n) is 8.66. The Morgan fingerprint density at radius 3 is 2.96 bits per heavy atom. The van der Waals surface area contributed by atoms with Gasteiger partial charge in [-0.3, -0.25) is 9.78 Å². The highest BCUT2D eigenvalue weighted by molar-refractivity contribution is 5.79. The number of hydrogen-bond acceptors (Lipinski definition) is 5. The Balaban J connectivity index is 1.63. The van der Waals surface area contributed by atoms with E-state index in [0.717, 1.165) is 32.5 Å². The second-order valence-corrected chi connectivity index (χ2v) is 6.47. The molecule has 0 aromatic carbocycles. The molecule has 0 radical (unpaired) electrons. The summed E-state index contributed by atoms with van der Waals surface area (Å²) in [6.07, 6.45) is 4.89. The molecule has 24 heavy (non-hydrogen) atoms. The van der Waals surface area contributed by atoms with E-state index in [1.807, 2.05) is 13.0 Å². The summed E-state index contributed by atoms with van der Waals surface area (Å²) in [5, 5.41) is 3.20. The van der Waals surface area contributed by atoms with Gasteiger partial charge in [0.2, 0.25) is 5.91 Å². The van der Waals surface area contributed by atoms with Gasteiger partial charge < -0.3 is 19.5 Å². The zero-order valence-corrected chi connectivity index (χ0v) is 14.4. The molecule has 6 nitrogen and oxygen atoms in total. The van der Waals surface area contributed by atoms with Crippen molar-refractivity contribution in [2.45, 2.75) is 44.8 Å². The number of nitrogens with one attached hydrogen (secondary N) is 1. The van der Waals surface area contributed by atoms with Crippen LogP contribution in [0.25, 0.3) is 0 Å². The fourth-order valence-electron chi connectivity index (χ4n) is 3.95. The lowest BCUT2D eigenvalue weighted by molar-refractivity contribution is -0.175. The van der Waals surface area contributed by atoms with Crippen LogP contribution in [0.2, 0.25) is 0 Å². The molecule has 1 saturated heterocycles. The predicted octanol–water partition coefficient (Wildman–Crippen LogP) is 1.72. The van der Waals surface area contributed by atoms with E-state index in [-0.39, 0.29) is 29.9 Å². The molecule has 2 aliphatic rings. The van der Waals surface area contributed by atoms with E-state index in [1.165, 1.54) is 0 Å². The van der Waals surface area contributed by atoms with Crippen LogP contribution in [0.4, 0.5) is 0 Å². The van der Waals surface area contributed by atoms with Crippen molar-refractivity contribution in [3.63, 3.8) is 0 Å². The Labute approximate surface area is 142 Å². The standard InChI is InChI=1S/C18H26N2O4/c1-3-24-16-12-15(18(16)6-9-23-10-7-18)20-17(21)11-13-14(22-2)5-4-8-19-13/h4-5,8,15-16H,3,6-7,9-12H2,1-2H3,(H,20,21)/t15-,16-/m1/s1. The molecule has 2 heterocycles. The van der Waals surface area contributed by atoms with E-state index in [9.17, 15) is 4.79 Å². The Kier molecular flexibility index (Phi) is 5.36. The fourth-order valence-corrected chi connectivity index (χ4v) is 3.95. The summed E-state index contributed by atoms with van der Waals surface area (Å²) in [5.74, 6) is 0.632. The van der Waals surface area contributed by atoms with Gasteiger partial charge in [-0.1, -0.05) is 0 Å². The molecule has 1 amide bonds. The third-order valence-corrected chi connectivity index (χ3v) is 5.31. The first-order chi connectivity index (χ1) is 11.7. The number of nitrogens with zero attached hydrogens (tertiary/aromatic N) is 1. The SMILES string of the molecule is CCO[C@@H]1C[C@@H](NC(=O)Cc2ncccc2OC)C12CCOCC2. The number of aromatic nitrogens is 1. The lowest BCUT2D eigenvalue weighted by atomic mass is 9.57. The minimum absolute atomic E-state index is 0.0159. The molecule has 2 atom stereocenters. The van der Waals surface area contributed by atoms with Gasteiger partial charge in [-0.05, 0) is 38.3 Å². The van der Waals surface area contributed by atoms with Crippen molar-refractivity contribution in [1.29, 1.82) is 0 Å². The molecule has 1 aromatic heterocycles. The summed E-state index contributed by atoms with van der Waals surface area (Å²) in [6.45, 7) is 4.21. The Bertz CT molecular complexity index is 572. The van der Waals surface area contributed by atoms with Gasteiger partial charge in [0, 0.05) is 37.5 Å². The topological polar surface area (TPSA) is 69.7 Å².